The minimum absolute atomic E-state index is 0.105. The molecule has 19 heavy (non-hydrogen) atoms. The number of hydrogen-bond acceptors (Lipinski definition) is 3. The van der Waals surface area contributed by atoms with Crippen LogP contribution in [0.1, 0.15) is 19.3 Å². The van der Waals surface area contributed by atoms with Crippen molar-refractivity contribution in [2.45, 2.75) is 25.8 Å². The zero-order chi connectivity index (χ0) is 13.5. The minimum Gasteiger partial charge on any atom is -0.481 e. The van der Waals surface area contributed by atoms with E-state index in [4.69, 9.17) is 5.11 Å². The van der Waals surface area contributed by atoms with Gasteiger partial charge in [0.05, 0.1) is 24.5 Å². The molecule has 0 amide bonds. The van der Waals surface area contributed by atoms with E-state index >= 15 is 0 Å². The van der Waals surface area contributed by atoms with Crippen molar-refractivity contribution in [3.63, 3.8) is 0 Å². The van der Waals surface area contributed by atoms with E-state index in [0.717, 1.165) is 18.2 Å². The predicted molar refractivity (Wildman–Crippen MR) is 69.9 cm³/mol. The Morgan fingerprint density at radius 2 is 2.11 bits per heavy atom. The van der Waals surface area contributed by atoms with Crippen LogP contribution in [0.4, 0.5) is 0 Å². The highest BCUT2D eigenvalue weighted by atomic mass is 16.4. The molecule has 98 valence electrons. The highest BCUT2D eigenvalue weighted by molar-refractivity contribution is 5.80. The fourth-order valence-corrected chi connectivity index (χ4v) is 2.45. The van der Waals surface area contributed by atoms with E-state index in [-0.39, 0.29) is 17.4 Å². The molecule has 1 aliphatic rings. The number of aromatic nitrogens is 2. The molecule has 0 spiro atoms. The first-order chi connectivity index (χ1) is 9.10. The van der Waals surface area contributed by atoms with Gasteiger partial charge in [-0.3, -0.25) is 9.59 Å². The average molecular weight is 258 g/mol. The van der Waals surface area contributed by atoms with Crippen molar-refractivity contribution in [3.8, 4) is 0 Å². The van der Waals surface area contributed by atoms with Crippen LogP contribution in [-0.2, 0) is 11.3 Å². The standard InChI is InChI=1S/C14H14N2O3/c17-12(18)7-14(5-6-14)9-16-13(19)11-4-2-1-3-10(11)8-15-16/h1-4,8H,5-7,9H2,(H,17,18). The van der Waals surface area contributed by atoms with Gasteiger partial charge in [-0.25, -0.2) is 4.68 Å². The van der Waals surface area contributed by atoms with Gasteiger partial charge in [-0.05, 0) is 18.9 Å². The number of aliphatic carboxylic acids is 1. The van der Waals surface area contributed by atoms with Gasteiger partial charge in [-0.15, -0.1) is 0 Å². The summed E-state index contributed by atoms with van der Waals surface area (Å²) < 4.78 is 1.40. The van der Waals surface area contributed by atoms with E-state index in [9.17, 15) is 9.59 Å². The molecule has 5 nitrogen and oxygen atoms in total. The van der Waals surface area contributed by atoms with E-state index in [1.54, 1.807) is 12.3 Å². The van der Waals surface area contributed by atoms with Gasteiger partial charge in [0, 0.05) is 10.8 Å². The molecule has 0 saturated heterocycles. The van der Waals surface area contributed by atoms with E-state index in [1.165, 1.54) is 4.68 Å². The Morgan fingerprint density at radius 3 is 2.79 bits per heavy atom. The Morgan fingerprint density at radius 1 is 1.37 bits per heavy atom. The predicted octanol–water partition coefficient (Wildman–Crippen LogP) is 1.65. The fraction of sp³-hybridized carbons (Fsp3) is 0.357. The third kappa shape index (κ3) is 2.23. The topological polar surface area (TPSA) is 72.2 Å². The Balaban J connectivity index is 1.96. The van der Waals surface area contributed by atoms with Gasteiger partial charge in [-0.2, -0.15) is 5.10 Å². The molecule has 5 heteroatoms. The molecular formula is C14H14N2O3. The molecule has 1 fully saturated rings. The molecule has 0 aliphatic heterocycles. The zero-order valence-corrected chi connectivity index (χ0v) is 10.4. The SMILES string of the molecule is O=C(O)CC1(Cn2ncc3ccccc3c2=O)CC1. The first kappa shape index (κ1) is 11.9. The quantitative estimate of drug-likeness (QED) is 0.905. The molecule has 1 aliphatic carbocycles. The largest absolute Gasteiger partial charge is 0.481 e. The highest BCUT2D eigenvalue weighted by Gasteiger charge is 2.45. The fourth-order valence-electron chi connectivity index (χ4n) is 2.45. The number of carboxylic acids is 1. The number of rotatable bonds is 4. The van der Waals surface area contributed by atoms with Gasteiger partial charge in [0.1, 0.15) is 0 Å². The average Bonchev–Trinajstić information content (AvgIpc) is 3.12. The zero-order valence-electron chi connectivity index (χ0n) is 10.4. The van der Waals surface area contributed by atoms with Crippen LogP contribution >= 0.6 is 0 Å². The van der Waals surface area contributed by atoms with Gasteiger partial charge in [0.2, 0.25) is 0 Å². The maximum absolute atomic E-state index is 12.3. The van der Waals surface area contributed by atoms with Crippen molar-refractivity contribution in [2.75, 3.05) is 0 Å². The summed E-state index contributed by atoms with van der Waals surface area (Å²) in [6.07, 6.45) is 3.46. The molecule has 0 radical (unpaired) electrons. The lowest BCUT2D eigenvalue weighted by Gasteiger charge is -2.13. The number of benzene rings is 1. The monoisotopic (exact) mass is 258 g/mol. The Kier molecular flexibility index (Phi) is 2.62. The molecular weight excluding hydrogens is 244 g/mol. The molecule has 0 bridgehead atoms. The van der Waals surface area contributed by atoms with Crippen LogP contribution < -0.4 is 5.56 Å². The number of carboxylic acid groups (broad SMARTS) is 1. The number of carbonyl (C=O) groups is 1. The number of fused-ring (bicyclic) bond motifs is 1. The summed E-state index contributed by atoms with van der Waals surface area (Å²) in [6.45, 7) is 0.392. The third-order valence-electron chi connectivity index (χ3n) is 3.73. The summed E-state index contributed by atoms with van der Waals surface area (Å²) in [7, 11) is 0. The second-order valence-electron chi connectivity index (χ2n) is 5.27. The van der Waals surface area contributed by atoms with E-state index in [2.05, 4.69) is 5.10 Å². The van der Waals surface area contributed by atoms with Crippen LogP contribution in [0.25, 0.3) is 10.8 Å². The molecule has 1 aromatic carbocycles. The second kappa shape index (κ2) is 4.19. The lowest BCUT2D eigenvalue weighted by molar-refractivity contribution is -0.138. The lowest BCUT2D eigenvalue weighted by Crippen LogP contribution is -2.28. The molecule has 2 aromatic rings. The third-order valence-corrected chi connectivity index (χ3v) is 3.73. The van der Waals surface area contributed by atoms with Crippen molar-refractivity contribution < 1.29 is 9.90 Å². The number of nitrogens with zero attached hydrogens (tertiary/aromatic N) is 2. The van der Waals surface area contributed by atoms with Crippen LogP contribution in [0, 0.1) is 5.41 Å². The van der Waals surface area contributed by atoms with E-state index in [0.29, 0.717) is 11.9 Å². The van der Waals surface area contributed by atoms with Gasteiger partial charge >= 0.3 is 5.97 Å². The normalized spacial score (nSPS) is 16.4. The smallest absolute Gasteiger partial charge is 0.303 e. The summed E-state index contributed by atoms with van der Waals surface area (Å²) in [5, 5.41) is 14.5. The molecule has 1 heterocycles. The van der Waals surface area contributed by atoms with Crippen LogP contribution in [0.3, 0.4) is 0 Å². The Bertz CT molecular complexity index is 701. The van der Waals surface area contributed by atoms with Crippen molar-refractivity contribution in [1.82, 2.24) is 9.78 Å². The maximum Gasteiger partial charge on any atom is 0.303 e. The van der Waals surface area contributed by atoms with Gasteiger partial charge in [-0.1, -0.05) is 18.2 Å². The summed E-state index contributed by atoms with van der Waals surface area (Å²) in [4.78, 5) is 23.1. The summed E-state index contributed by atoms with van der Waals surface area (Å²) >= 11 is 0. The second-order valence-corrected chi connectivity index (χ2v) is 5.27. The van der Waals surface area contributed by atoms with Gasteiger partial charge < -0.3 is 5.11 Å². The van der Waals surface area contributed by atoms with E-state index < -0.39 is 5.97 Å². The van der Waals surface area contributed by atoms with Crippen LogP contribution in [0.2, 0.25) is 0 Å². The molecule has 3 rings (SSSR count). The highest BCUT2D eigenvalue weighted by Crippen LogP contribution is 2.49. The lowest BCUT2D eigenvalue weighted by atomic mass is 10.0. The van der Waals surface area contributed by atoms with Crippen LogP contribution in [-0.4, -0.2) is 20.9 Å². The number of hydrogen-bond donors (Lipinski definition) is 1. The minimum atomic E-state index is -0.814. The van der Waals surface area contributed by atoms with Crippen LogP contribution in [0.5, 0.6) is 0 Å². The molecule has 0 unspecified atom stereocenters. The molecule has 0 atom stereocenters. The van der Waals surface area contributed by atoms with E-state index in [1.807, 2.05) is 18.2 Å². The van der Waals surface area contributed by atoms with Gasteiger partial charge in [0.25, 0.3) is 5.56 Å². The van der Waals surface area contributed by atoms with Crippen molar-refractivity contribution >= 4 is 16.7 Å². The van der Waals surface area contributed by atoms with Crippen LogP contribution in [0.15, 0.2) is 35.3 Å². The Hall–Kier alpha value is -2.17. The van der Waals surface area contributed by atoms with Gasteiger partial charge in [0.15, 0.2) is 0 Å². The molecule has 1 saturated carbocycles. The first-order valence-electron chi connectivity index (χ1n) is 6.26. The maximum atomic E-state index is 12.3. The summed E-state index contributed by atoms with van der Waals surface area (Å²) in [6, 6.07) is 7.30. The Labute approximate surface area is 109 Å². The molecule has 1 aromatic heterocycles. The molecule has 1 N–H and O–H groups in total. The van der Waals surface area contributed by atoms with Crippen molar-refractivity contribution in [1.29, 1.82) is 0 Å². The summed E-state index contributed by atoms with van der Waals surface area (Å²) in [5.74, 6) is -0.814. The first-order valence-corrected chi connectivity index (χ1v) is 6.26. The van der Waals surface area contributed by atoms with Crippen molar-refractivity contribution in [3.05, 3.63) is 40.8 Å². The summed E-state index contributed by atoms with van der Waals surface area (Å²) in [5.41, 5.74) is -0.416. The van der Waals surface area contributed by atoms with Crippen molar-refractivity contribution in [2.24, 2.45) is 5.41 Å².